The number of amides is 2. The number of pyridine rings is 1. The maximum atomic E-state index is 12.7. The van der Waals surface area contributed by atoms with Crippen molar-refractivity contribution in [3.8, 4) is 0 Å². The number of benzene rings is 1. The molecule has 0 bridgehead atoms. The maximum absolute atomic E-state index is 12.7. The van der Waals surface area contributed by atoms with Crippen LogP contribution in [0.25, 0.3) is 11.0 Å². The second kappa shape index (κ2) is 7.80. The lowest BCUT2D eigenvalue weighted by Gasteiger charge is -2.19. The summed E-state index contributed by atoms with van der Waals surface area (Å²) in [6, 6.07) is 9.11. The quantitative estimate of drug-likeness (QED) is 0.690. The summed E-state index contributed by atoms with van der Waals surface area (Å²) in [7, 11) is 0. The SMILES string of the molecule is CC(C)Cn1c([C@H]2CCN(C(=O)Nc3ccccc3Cl)C2)nc2ccncc21. The van der Waals surface area contributed by atoms with E-state index in [4.69, 9.17) is 16.6 Å². The second-order valence-corrected chi connectivity index (χ2v) is 8.09. The number of rotatable bonds is 4. The summed E-state index contributed by atoms with van der Waals surface area (Å²) in [6.45, 7) is 6.63. The molecular weight excluding hydrogens is 374 g/mol. The fourth-order valence-electron chi connectivity index (χ4n) is 3.77. The van der Waals surface area contributed by atoms with E-state index in [9.17, 15) is 4.79 Å². The average Bonchev–Trinajstić information content (AvgIpc) is 3.29. The van der Waals surface area contributed by atoms with E-state index in [0.717, 1.165) is 29.8 Å². The van der Waals surface area contributed by atoms with Crippen LogP contribution in [0, 0.1) is 5.92 Å². The summed E-state index contributed by atoms with van der Waals surface area (Å²) in [5.74, 6) is 1.75. The molecule has 0 unspecified atom stereocenters. The van der Waals surface area contributed by atoms with Gasteiger partial charge in [0.1, 0.15) is 5.82 Å². The van der Waals surface area contributed by atoms with Crippen LogP contribution in [-0.2, 0) is 6.54 Å². The zero-order chi connectivity index (χ0) is 19.7. The monoisotopic (exact) mass is 397 g/mol. The van der Waals surface area contributed by atoms with Crippen LogP contribution >= 0.6 is 11.6 Å². The molecule has 3 aromatic rings. The van der Waals surface area contributed by atoms with Crippen LogP contribution in [-0.4, -0.2) is 38.6 Å². The van der Waals surface area contributed by atoms with E-state index in [1.165, 1.54) is 0 Å². The maximum Gasteiger partial charge on any atom is 0.321 e. The van der Waals surface area contributed by atoms with Gasteiger partial charge in [-0.25, -0.2) is 9.78 Å². The van der Waals surface area contributed by atoms with Gasteiger partial charge in [0.15, 0.2) is 0 Å². The number of nitrogens with one attached hydrogen (secondary N) is 1. The Bertz CT molecular complexity index is 999. The normalized spacial score (nSPS) is 16.9. The molecule has 0 aliphatic carbocycles. The minimum absolute atomic E-state index is 0.121. The van der Waals surface area contributed by atoms with Gasteiger partial charge < -0.3 is 14.8 Å². The number of fused-ring (bicyclic) bond motifs is 1. The molecule has 1 atom stereocenters. The number of aromatic nitrogens is 3. The highest BCUT2D eigenvalue weighted by molar-refractivity contribution is 6.33. The molecule has 146 valence electrons. The van der Waals surface area contributed by atoms with E-state index in [1.807, 2.05) is 35.4 Å². The Hall–Kier alpha value is -2.60. The number of anilines is 1. The summed E-state index contributed by atoms with van der Waals surface area (Å²) in [5, 5.41) is 3.46. The highest BCUT2D eigenvalue weighted by atomic mass is 35.5. The van der Waals surface area contributed by atoms with Crippen molar-refractivity contribution < 1.29 is 4.79 Å². The van der Waals surface area contributed by atoms with Gasteiger partial charge in [0.25, 0.3) is 0 Å². The summed E-state index contributed by atoms with van der Waals surface area (Å²) < 4.78 is 2.27. The molecule has 2 amide bonds. The van der Waals surface area contributed by atoms with Crippen LogP contribution < -0.4 is 5.32 Å². The van der Waals surface area contributed by atoms with Crippen LogP contribution in [0.4, 0.5) is 10.5 Å². The Balaban J connectivity index is 1.54. The molecule has 6 nitrogen and oxygen atoms in total. The van der Waals surface area contributed by atoms with Crippen molar-refractivity contribution >= 4 is 34.4 Å². The first-order chi connectivity index (χ1) is 13.5. The van der Waals surface area contributed by atoms with Crippen molar-refractivity contribution in [3.63, 3.8) is 0 Å². The van der Waals surface area contributed by atoms with E-state index in [1.54, 1.807) is 12.3 Å². The molecule has 1 aliphatic rings. The summed E-state index contributed by atoms with van der Waals surface area (Å²) >= 11 is 6.16. The van der Waals surface area contributed by atoms with Gasteiger partial charge in [-0.15, -0.1) is 0 Å². The van der Waals surface area contributed by atoms with Gasteiger partial charge in [-0.3, -0.25) is 4.98 Å². The van der Waals surface area contributed by atoms with Crippen LogP contribution in [0.1, 0.15) is 32.0 Å². The van der Waals surface area contributed by atoms with E-state index in [2.05, 4.69) is 28.7 Å². The highest BCUT2D eigenvalue weighted by Gasteiger charge is 2.31. The Morgan fingerprint density at radius 1 is 1.32 bits per heavy atom. The van der Waals surface area contributed by atoms with Gasteiger partial charge in [-0.2, -0.15) is 0 Å². The third kappa shape index (κ3) is 3.69. The van der Waals surface area contributed by atoms with Crippen LogP contribution in [0.5, 0.6) is 0 Å². The zero-order valence-corrected chi connectivity index (χ0v) is 16.9. The molecule has 1 aliphatic heterocycles. The van der Waals surface area contributed by atoms with E-state index >= 15 is 0 Å². The van der Waals surface area contributed by atoms with Crippen LogP contribution in [0.3, 0.4) is 0 Å². The Morgan fingerprint density at radius 2 is 2.14 bits per heavy atom. The van der Waals surface area contributed by atoms with Gasteiger partial charge in [0.2, 0.25) is 0 Å². The van der Waals surface area contributed by atoms with Gasteiger partial charge in [0, 0.05) is 31.7 Å². The Morgan fingerprint density at radius 3 is 2.93 bits per heavy atom. The van der Waals surface area contributed by atoms with Crippen molar-refractivity contribution in [1.29, 1.82) is 0 Å². The molecule has 1 aromatic carbocycles. The predicted octanol–water partition coefficient (Wildman–Crippen LogP) is 4.76. The predicted molar refractivity (Wildman–Crippen MR) is 112 cm³/mol. The molecule has 1 fully saturated rings. The van der Waals surface area contributed by atoms with E-state index in [0.29, 0.717) is 29.7 Å². The number of hydrogen-bond acceptors (Lipinski definition) is 3. The fourth-order valence-corrected chi connectivity index (χ4v) is 3.95. The number of urea groups is 1. The number of carbonyl (C=O) groups excluding carboxylic acids is 1. The molecule has 0 radical (unpaired) electrons. The molecule has 1 saturated heterocycles. The molecule has 7 heteroatoms. The summed E-state index contributed by atoms with van der Waals surface area (Å²) in [6.07, 6.45) is 4.55. The van der Waals surface area contributed by atoms with Crippen LogP contribution in [0.15, 0.2) is 42.7 Å². The van der Waals surface area contributed by atoms with Crippen molar-refractivity contribution in [2.75, 3.05) is 18.4 Å². The molecular formula is C21H24ClN5O. The van der Waals surface area contributed by atoms with Gasteiger partial charge >= 0.3 is 6.03 Å². The first-order valence-corrected chi connectivity index (χ1v) is 10.0. The number of nitrogens with zero attached hydrogens (tertiary/aromatic N) is 4. The lowest BCUT2D eigenvalue weighted by molar-refractivity contribution is 0.222. The second-order valence-electron chi connectivity index (χ2n) is 7.68. The molecule has 1 N–H and O–H groups in total. The molecule has 28 heavy (non-hydrogen) atoms. The smallest absolute Gasteiger partial charge is 0.321 e. The number of carbonyl (C=O) groups is 1. The van der Waals surface area contributed by atoms with Gasteiger partial charge in [-0.05, 0) is 30.5 Å². The van der Waals surface area contributed by atoms with Gasteiger partial charge in [-0.1, -0.05) is 37.6 Å². The fraction of sp³-hybridized carbons (Fsp3) is 0.381. The van der Waals surface area contributed by atoms with Crippen molar-refractivity contribution in [1.82, 2.24) is 19.4 Å². The van der Waals surface area contributed by atoms with Crippen molar-refractivity contribution in [3.05, 3.63) is 53.6 Å². The molecule has 0 saturated carbocycles. The molecule has 0 spiro atoms. The largest absolute Gasteiger partial charge is 0.326 e. The minimum atomic E-state index is -0.121. The molecule has 3 heterocycles. The minimum Gasteiger partial charge on any atom is -0.326 e. The molecule has 2 aromatic heterocycles. The van der Waals surface area contributed by atoms with E-state index < -0.39 is 0 Å². The lowest BCUT2D eigenvalue weighted by atomic mass is 10.1. The first kappa shape index (κ1) is 18.7. The van der Waals surface area contributed by atoms with Gasteiger partial charge in [0.05, 0.1) is 27.9 Å². The third-order valence-electron chi connectivity index (χ3n) is 5.08. The molecule has 4 rings (SSSR count). The standard InChI is InChI=1S/C21H24ClN5O/c1-14(2)12-27-19-11-23-9-7-18(19)24-20(27)15-8-10-26(13-15)21(28)25-17-6-4-3-5-16(17)22/h3-7,9,11,14-15H,8,10,12-13H2,1-2H3,(H,25,28)/t15-/m0/s1. The van der Waals surface area contributed by atoms with Crippen molar-refractivity contribution in [2.45, 2.75) is 32.7 Å². The number of likely N-dealkylation sites (tertiary alicyclic amines) is 1. The number of imidazole rings is 1. The Labute approximate surface area is 169 Å². The number of halogens is 1. The number of para-hydroxylation sites is 1. The summed E-state index contributed by atoms with van der Waals surface area (Å²) in [4.78, 5) is 23.7. The van der Waals surface area contributed by atoms with Crippen molar-refractivity contribution in [2.24, 2.45) is 5.92 Å². The number of hydrogen-bond donors (Lipinski definition) is 1. The lowest BCUT2D eigenvalue weighted by Crippen LogP contribution is -2.33. The zero-order valence-electron chi connectivity index (χ0n) is 16.1. The average molecular weight is 398 g/mol. The highest BCUT2D eigenvalue weighted by Crippen LogP contribution is 2.31. The third-order valence-corrected chi connectivity index (χ3v) is 5.41. The topological polar surface area (TPSA) is 63.1 Å². The Kier molecular flexibility index (Phi) is 5.22. The van der Waals surface area contributed by atoms with Crippen LogP contribution in [0.2, 0.25) is 5.02 Å². The summed E-state index contributed by atoms with van der Waals surface area (Å²) in [5.41, 5.74) is 2.66. The first-order valence-electron chi connectivity index (χ1n) is 9.63. The van der Waals surface area contributed by atoms with E-state index in [-0.39, 0.29) is 11.9 Å².